The van der Waals surface area contributed by atoms with Crippen molar-refractivity contribution in [2.75, 3.05) is 32.5 Å². The highest BCUT2D eigenvalue weighted by molar-refractivity contribution is 5.92. The SMILES string of the molecule is CC(C)C(=N)n1cc(O[C@@H]2CC[C@H](NC(=O)Nc3cc(C(C)(C)C)nc(C(=O)NCCN(C)C)n3)c3ccccc32)ccc1=N.[HH].[HH].[HH]. The molecule has 2 heterocycles. The fourth-order valence-electron chi connectivity index (χ4n) is 5.00. The summed E-state index contributed by atoms with van der Waals surface area (Å²) in [6.45, 7) is 10.9. The minimum Gasteiger partial charge on any atom is -0.484 e. The van der Waals surface area contributed by atoms with Gasteiger partial charge >= 0.3 is 6.03 Å². The molecule has 0 unspecified atom stereocenters. The number of aromatic nitrogens is 3. The molecule has 45 heavy (non-hydrogen) atoms. The molecule has 3 amide bonds. The second kappa shape index (κ2) is 14.0. The first-order valence-electron chi connectivity index (χ1n) is 15.2. The van der Waals surface area contributed by atoms with Crippen LogP contribution >= 0.6 is 0 Å². The lowest BCUT2D eigenvalue weighted by Crippen LogP contribution is -2.36. The Morgan fingerprint density at radius 1 is 1.11 bits per heavy atom. The Morgan fingerprint density at radius 2 is 1.82 bits per heavy atom. The molecule has 0 fully saturated rings. The molecule has 1 aliphatic carbocycles. The third-order valence-corrected chi connectivity index (χ3v) is 7.53. The lowest BCUT2D eigenvalue weighted by atomic mass is 9.85. The van der Waals surface area contributed by atoms with Gasteiger partial charge in [0.1, 0.15) is 29.0 Å². The van der Waals surface area contributed by atoms with Crippen LogP contribution in [0.15, 0.2) is 48.7 Å². The molecule has 0 saturated heterocycles. The molecule has 1 aromatic carbocycles. The van der Waals surface area contributed by atoms with Gasteiger partial charge in [-0.25, -0.2) is 14.8 Å². The summed E-state index contributed by atoms with van der Waals surface area (Å²) in [5.41, 5.74) is 2.39. The second-order valence-corrected chi connectivity index (χ2v) is 12.9. The van der Waals surface area contributed by atoms with E-state index in [4.69, 9.17) is 15.6 Å². The first kappa shape index (κ1) is 33.3. The lowest BCUT2D eigenvalue weighted by Gasteiger charge is -2.32. The summed E-state index contributed by atoms with van der Waals surface area (Å²) < 4.78 is 7.92. The second-order valence-electron chi connectivity index (χ2n) is 12.9. The maximum atomic E-state index is 13.3. The van der Waals surface area contributed by atoms with E-state index in [1.807, 2.05) is 77.9 Å². The number of likely N-dealkylation sites (N-methyl/N-ethyl adjacent to an activating group) is 1. The van der Waals surface area contributed by atoms with E-state index >= 15 is 0 Å². The Bertz CT molecular complexity index is 1620. The van der Waals surface area contributed by atoms with E-state index < -0.39 is 11.9 Å². The molecular weight excluding hydrogens is 570 g/mol. The number of fused-ring (bicyclic) bond motifs is 1. The highest BCUT2D eigenvalue weighted by atomic mass is 16.5. The Kier molecular flexibility index (Phi) is 10.4. The number of benzene rings is 1. The summed E-state index contributed by atoms with van der Waals surface area (Å²) >= 11 is 0. The van der Waals surface area contributed by atoms with Crippen LogP contribution in [-0.2, 0) is 5.41 Å². The lowest BCUT2D eigenvalue weighted by molar-refractivity contribution is 0.0940. The van der Waals surface area contributed by atoms with Gasteiger partial charge in [0.05, 0.1) is 17.9 Å². The smallest absolute Gasteiger partial charge is 0.320 e. The van der Waals surface area contributed by atoms with Gasteiger partial charge in [0.15, 0.2) is 0 Å². The summed E-state index contributed by atoms with van der Waals surface area (Å²) in [7, 11) is 3.85. The number of carbonyl (C=O) groups is 2. The predicted molar refractivity (Wildman–Crippen MR) is 180 cm³/mol. The normalized spacial score (nSPS) is 16.2. The number of rotatable bonds is 9. The summed E-state index contributed by atoms with van der Waals surface area (Å²) in [6.07, 6.45) is 2.70. The molecule has 0 bridgehead atoms. The summed E-state index contributed by atoms with van der Waals surface area (Å²) in [5.74, 6) is 0.696. The molecule has 246 valence electrons. The summed E-state index contributed by atoms with van der Waals surface area (Å²) in [6, 6.07) is 12.2. The average Bonchev–Trinajstić information content (AvgIpc) is 2.98. The summed E-state index contributed by atoms with van der Waals surface area (Å²) in [5, 5.41) is 25.3. The number of pyridine rings is 1. The van der Waals surface area contributed by atoms with E-state index in [2.05, 4.69) is 25.9 Å². The fraction of sp³-hybridized carbons (Fsp3) is 0.455. The monoisotopic (exact) mass is 621 g/mol. The highest BCUT2D eigenvalue weighted by Crippen LogP contribution is 2.38. The highest BCUT2D eigenvalue weighted by Gasteiger charge is 2.30. The minimum absolute atomic E-state index is 0. The number of nitrogens with one attached hydrogen (secondary N) is 5. The van der Waals surface area contributed by atoms with E-state index in [1.165, 1.54) is 4.57 Å². The molecule has 3 aromatic rings. The van der Waals surface area contributed by atoms with Crippen molar-refractivity contribution in [3.8, 4) is 5.75 Å². The number of anilines is 1. The van der Waals surface area contributed by atoms with Crippen LogP contribution in [0.3, 0.4) is 0 Å². The molecule has 12 heteroatoms. The molecule has 4 rings (SSSR count). The van der Waals surface area contributed by atoms with Crippen LogP contribution in [0.5, 0.6) is 5.75 Å². The van der Waals surface area contributed by atoms with E-state index in [0.29, 0.717) is 43.2 Å². The van der Waals surface area contributed by atoms with Crippen molar-refractivity contribution in [2.45, 2.75) is 65.0 Å². The molecule has 0 radical (unpaired) electrons. The van der Waals surface area contributed by atoms with Gasteiger partial charge in [0.2, 0.25) is 5.82 Å². The molecule has 0 spiro atoms. The maximum Gasteiger partial charge on any atom is 0.320 e. The molecule has 2 aromatic heterocycles. The zero-order valence-corrected chi connectivity index (χ0v) is 27.2. The van der Waals surface area contributed by atoms with Crippen molar-refractivity contribution in [1.29, 1.82) is 10.8 Å². The van der Waals surface area contributed by atoms with E-state index in [0.717, 1.165) is 11.1 Å². The fourth-order valence-corrected chi connectivity index (χ4v) is 5.00. The molecule has 0 saturated carbocycles. The number of nitrogens with zero attached hydrogens (tertiary/aromatic N) is 4. The van der Waals surface area contributed by atoms with Crippen molar-refractivity contribution in [3.05, 3.63) is 76.8 Å². The van der Waals surface area contributed by atoms with Crippen LogP contribution in [0.2, 0.25) is 0 Å². The van der Waals surface area contributed by atoms with Crippen LogP contribution < -0.4 is 26.2 Å². The van der Waals surface area contributed by atoms with Gasteiger partial charge in [-0.1, -0.05) is 58.9 Å². The van der Waals surface area contributed by atoms with Gasteiger partial charge in [-0.15, -0.1) is 0 Å². The minimum atomic E-state index is -0.439. The number of ether oxygens (including phenoxy) is 1. The van der Waals surface area contributed by atoms with Crippen LogP contribution in [0.4, 0.5) is 10.6 Å². The third kappa shape index (κ3) is 8.53. The van der Waals surface area contributed by atoms with Crippen molar-refractivity contribution < 1.29 is 18.6 Å². The van der Waals surface area contributed by atoms with Crippen LogP contribution in [0.25, 0.3) is 0 Å². The third-order valence-electron chi connectivity index (χ3n) is 7.53. The quantitative estimate of drug-likeness (QED) is 0.160. The number of amides is 3. The Balaban J connectivity index is 0.00000384. The number of carbonyl (C=O) groups excluding carboxylic acids is 2. The standard InChI is InChI=1S/C33H45N9O3.3H2/c1-20(2)29(35)42-19-21(12-15-27(42)34)45-25-14-13-24(22-10-8-9-11-23(22)25)37-32(44)40-28-18-26(33(3,4)5)38-30(39-28)31(43)36-16-17-41(6)7;;;/h8-12,15,18-20,24-25,34-35H,13-14,16-17H2,1-7H3,(H,36,43)(H2,37,38,39,40,44);3*1H/t24-,25+;;;/m0.../s1. The first-order valence-corrected chi connectivity index (χ1v) is 15.2. The van der Waals surface area contributed by atoms with E-state index in [9.17, 15) is 9.59 Å². The van der Waals surface area contributed by atoms with Gasteiger partial charge < -0.3 is 20.3 Å². The van der Waals surface area contributed by atoms with Crippen molar-refractivity contribution in [1.82, 2.24) is 30.1 Å². The Labute approximate surface area is 269 Å². The predicted octanol–water partition coefficient (Wildman–Crippen LogP) is 5.34. The molecule has 5 N–H and O–H groups in total. The van der Waals surface area contributed by atoms with Gasteiger partial charge in [0, 0.05) is 34.8 Å². The van der Waals surface area contributed by atoms with E-state index in [-0.39, 0.29) is 44.9 Å². The molecule has 1 aliphatic rings. The number of urea groups is 1. The van der Waals surface area contributed by atoms with Crippen LogP contribution in [-0.4, -0.2) is 64.4 Å². The maximum absolute atomic E-state index is 13.3. The van der Waals surface area contributed by atoms with Gasteiger partial charge in [-0.05, 0) is 50.2 Å². The van der Waals surface area contributed by atoms with Gasteiger partial charge in [0.25, 0.3) is 5.91 Å². The topological polar surface area (TPSA) is 161 Å². The summed E-state index contributed by atoms with van der Waals surface area (Å²) in [4.78, 5) is 36.9. The zero-order chi connectivity index (χ0) is 32.9. The average molecular weight is 622 g/mol. The molecule has 12 nitrogen and oxygen atoms in total. The molecule has 2 atom stereocenters. The van der Waals surface area contributed by atoms with Gasteiger partial charge in [-0.2, -0.15) is 0 Å². The first-order chi connectivity index (χ1) is 21.2. The van der Waals surface area contributed by atoms with Crippen molar-refractivity contribution >= 4 is 23.6 Å². The van der Waals surface area contributed by atoms with Gasteiger partial charge in [-0.3, -0.25) is 25.5 Å². The molecule has 0 aliphatic heterocycles. The van der Waals surface area contributed by atoms with Crippen molar-refractivity contribution in [3.63, 3.8) is 0 Å². The largest absolute Gasteiger partial charge is 0.484 e. The number of hydrogen-bond donors (Lipinski definition) is 5. The zero-order valence-electron chi connectivity index (χ0n) is 27.2. The van der Waals surface area contributed by atoms with Crippen LogP contribution in [0.1, 0.15) is 91.3 Å². The Morgan fingerprint density at radius 3 is 2.49 bits per heavy atom. The number of hydrogen-bond acceptors (Lipinski definition) is 8. The van der Waals surface area contributed by atoms with Crippen LogP contribution in [0, 0.1) is 16.7 Å². The Hall–Kier alpha value is -4.58. The van der Waals surface area contributed by atoms with E-state index in [1.54, 1.807) is 24.4 Å². The van der Waals surface area contributed by atoms with Crippen molar-refractivity contribution in [2.24, 2.45) is 5.92 Å². The molecular formula is C33H51N9O3.